The zero-order chi connectivity index (χ0) is 21.3. The summed E-state index contributed by atoms with van der Waals surface area (Å²) in [6.45, 7) is 2.66. The summed E-state index contributed by atoms with van der Waals surface area (Å²) in [5.41, 5.74) is 6.50. The van der Waals surface area contributed by atoms with Gasteiger partial charge >= 0.3 is 0 Å². The molecule has 0 aliphatic heterocycles. The van der Waals surface area contributed by atoms with Gasteiger partial charge in [0.05, 0.1) is 10.0 Å². The predicted octanol–water partition coefficient (Wildman–Crippen LogP) is 3.09. The molecule has 152 valence electrons. The highest BCUT2D eigenvalue weighted by Crippen LogP contribution is 2.28. The lowest BCUT2D eigenvalue weighted by Gasteiger charge is -2.06. The Hall–Kier alpha value is -3.50. The zero-order valence-corrected chi connectivity index (χ0v) is 17.1. The Balaban J connectivity index is 1.66. The number of hydrogen-bond donors (Lipinski definition) is 2. The summed E-state index contributed by atoms with van der Waals surface area (Å²) in [4.78, 5) is 21.6. The van der Waals surface area contributed by atoms with Crippen LogP contribution in [0.2, 0.25) is 10.0 Å². The van der Waals surface area contributed by atoms with Crippen molar-refractivity contribution in [2.75, 3.05) is 5.32 Å². The van der Waals surface area contributed by atoms with Crippen molar-refractivity contribution in [3.05, 3.63) is 58.6 Å². The van der Waals surface area contributed by atoms with Crippen molar-refractivity contribution in [2.24, 2.45) is 5.73 Å². The van der Waals surface area contributed by atoms with Gasteiger partial charge in [-0.15, -0.1) is 15.0 Å². The molecule has 4 aromatic rings. The predicted molar refractivity (Wildman–Crippen MR) is 112 cm³/mol. The van der Waals surface area contributed by atoms with Crippen LogP contribution in [0.4, 0.5) is 11.6 Å². The number of benzene rings is 1. The molecule has 0 fully saturated rings. The Bertz CT molecular complexity index is 1200. The molecule has 10 nitrogen and oxygen atoms in total. The van der Waals surface area contributed by atoms with Crippen LogP contribution in [0.3, 0.4) is 0 Å². The molecule has 0 radical (unpaired) electrons. The van der Waals surface area contributed by atoms with Crippen LogP contribution in [-0.2, 0) is 6.54 Å². The van der Waals surface area contributed by atoms with Gasteiger partial charge in [0.2, 0.25) is 0 Å². The fourth-order valence-electron chi connectivity index (χ4n) is 2.78. The first-order chi connectivity index (χ1) is 14.5. The fraction of sp³-hybridized carbons (Fsp3) is 0.111. The average Bonchev–Trinajstić information content (AvgIpc) is 3.36. The van der Waals surface area contributed by atoms with E-state index in [1.807, 2.05) is 13.0 Å². The van der Waals surface area contributed by atoms with Gasteiger partial charge in [-0.3, -0.25) is 4.79 Å². The third-order valence-electron chi connectivity index (χ3n) is 4.17. The second-order valence-corrected chi connectivity index (χ2v) is 6.89. The standard InChI is InChI=1S/C18H15Cl2N9O/c1-2-28-18(23-9-24-28)10-6-7-13(22-8-10)25-17-14(16(21)30)26-29(27-17)15-11(19)4-3-5-12(15)20/h3-9H,2H2,1H3,(H2,21,30)(H,22,25,27). The van der Waals surface area contributed by atoms with Crippen LogP contribution in [0.25, 0.3) is 17.1 Å². The minimum Gasteiger partial charge on any atom is -0.364 e. The van der Waals surface area contributed by atoms with Crippen molar-refractivity contribution in [3.8, 4) is 17.1 Å². The summed E-state index contributed by atoms with van der Waals surface area (Å²) >= 11 is 12.4. The van der Waals surface area contributed by atoms with Gasteiger partial charge < -0.3 is 11.1 Å². The smallest absolute Gasteiger partial charge is 0.273 e. The van der Waals surface area contributed by atoms with Gasteiger partial charge in [0, 0.05) is 18.3 Å². The zero-order valence-electron chi connectivity index (χ0n) is 15.6. The summed E-state index contributed by atoms with van der Waals surface area (Å²) in [7, 11) is 0. The number of pyridine rings is 1. The van der Waals surface area contributed by atoms with Gasteiger partial charge in [0.25, 0.3) is 5.91 Å². The molecule has 0 atom stereocenters. The molecule has 3 heterocycles. The number of nitrogens with zero attached hydrogens (tertiary/aromatic N) is 7. The second kappa shape index (κ2) is 8.09. The highest BCUT2D eigenvalue weighted by Gasteiger charge is 2.20. The SMILES string of the molecule is CCn1ncnc1-c1ccc(Nc2nn(-c3c(Cl)cccc3Cl)nc2C(N)=O)nc1. The summed E-state index contributed by atoms with van der Waals surface area (Å²) in [6, 6.07) is 8.51. The van der Waals surface area contributed by atoms with Gasteiger partial charge in [-0.25, -0.2) is 14.6 Å². The van der Waals surface area contributed by atoms with E-state index < -0.39 is 5.91 Å². The number of para-hydroxylation sites is 1. The first-order valence-electron chi connectivity index (χ1n) is 8.80. The van der Waals surface area contributed by atoms with Gasteiger partial charge in [-0.05, 0) is 31.2 Å². The van der Waals surface area contributed by atoms with Gasteiger partial charge in [0.15, 0.2) is 17.3 Å². The Labute approximate surface area is 180 Å². The number of anilines is 2. The number of carbonyl (C=O) groups is 1. The number of aryl methyl sites for hydroxylation is 1. The van der Waals surface area contributed by atoms with E-state index in [-0.39, 0.29) is 11.5 Å². The van der Waals surface area contributed by atoms with Crippen molar-refractivity contribution < 1.29 is 4.79 Å². The van der Waals surface area contributed by atoms with Gasteiger partial charge in [0.1, 0.15) is 17.8 Å². The van der Waals surface area contributed by atoms with Crippen LogP contribution < -0.4 is 11.1 Å². The van der Waals surface area contributed by atoms with Crippen LogP contribution in [-0.4, -0.2) is 40.6 Å². The molecule has 0 saturated heterocycles. The molecule has 12 heteroatoms. The number of nitrogens with one attached hydrogen (secondary N) is 1. The topological polar surface area (TPSA) is 129 Å². The molecule has 0 bridgehead atoms. The van der Waals surface area contributed by atoms with E-state index in [0.717, 1.165) is 10.4 Å². The Morgan fingerprint density at radius 2 is 1.90 bits per heavy atom. The van der Waals surface area contributed by atoms with Crippen LogP contribution >= 0.6 is 23.2 Å². The van der Waals surface area contributed by atoms with Crippen LogP contribution in [0.15, 0.2) is 42.9 Å². The van der Waals surface area contributed by atoms with E-state index >= 15 is 0 Å². The fourth-order valence-corrected chi connectivity index (χ4v) is 3.33. The lowest BCUT2D eigenvalue weighted by molar-refractivity contribution is 0.0996. The summed E-state index contributed by atoms with van der Waals surface area (Å²) in [6.07, 6.45) is 3.13. The maximum atomic E-state index is 11.9. The lowest BCUT2D eigenvalue weighted by Crippen LogP contribution is -2.14. The summed E-state index contributed by atoms with van der Waals surface area (Å²) in [5, 5.41) is 16.1. The number of carbonyl (C=O) groups excluding carboxylic acids is 1. The number of rotatable bonds is 6. The molecule has 0 aliphatic rings. The molecule has 30 heavy (non-hydrogen) atoms. The number of aromatic nitrogens is 7. The highest BCUT2D eigenvalue weighted by atomic mass is 35.5. The second-order valence-electron chi connectivity index (χ2n) is 6.08. The van der Waals surface area contributed by atoms with Crippen LogP contribution in [0.1, 0.15) is 17.4 Å². The van der Waals surface area contributed by atoms with Crippen molar-refractivity contribution in [2.45, 2.75) is 13.5 Å². The van der Waals surface area contributed by atoms with E-state index in [2.05, 4.69) is 30.6 Å². The quantitative estimate of drug-likeness (QED) is 0.468. The molecule has 4 rings (SSSR count). The van der Waals surface area contributed by atoms with Crippen LogP contribution in [0.5, 0.6) is 0 Å². The van der Waals surface area contributed by atoms with E-state index in [0.29, 0.717) is 33.9 Å². The molecule has 1 aromatic carbocycles. The first-order valence-corrected chi connectivity index (χ1v) is 9.56. The van der Waals surface area contributed by atoms with Crippen molar-refractivity contribution in [1.82, 2.24) is 34.7 Å². The average molecular weight is 444 g/mol. The first kappa shape index (κ1) is 19.8. The van der Waals surface area contributed by atoms with Gasteiger partial charge in [-0.2, -0.15) is 5.10 Å². The van der Waals surface area contributed by atoms with Gasteiger partial charge in [-0.1, -0.05) is 29.3 Å². The number of amides is 1. The molecule has 1 amide bonds. The molecule has 0 saturated carbocycles. The van der Waals surface area contributed by atoms with E-state index in [4.69, 9.17) is 28.9 Å². The number of primary amides is 1. The highest BCUT2D eigenvalue weighted by molar-refractivity contribution is 6.37. The monoisotopic (exact) mass is 443 g/mol. The molecule has 0 spiro atoms. The molecule has 3 N–H and O–H groups in total. The molecular formula is C18H15Cl2N9O. The normalized spacial score (nSPS) is 10.9. The number of halogens is 2. The van der Waals surface area contributed by atoms with E-state index in [1.165, 1.54) is 6.33 Å². The van der Waals surface area contributed by atoms with Crippen LogP contribution in [0, 0.1) is 0 Å². The Morgan fingerprint density at radius 1 is 1.13 bits per heavy atom. The van der Waals surface area contributed by atoms with Crippen molar-refractivity contribution in [3.63, 3.8) is 0 Å². The largest absolute Gasteiger partial charge is 0.364 e. The minimum absolute atomic E-state index is 0.0809. The number of hydrogen-bond acceptors (Lipinski definition) is 7. The molecule has 0 unspecified atom stereocenters. The van der Waals surface area contributed by atoms with E-state index in [1.54, 1.807) is 35.1 Å². The summed E-state index contributed by atoms with van der Waals surface area (Å²) < 4.78 is 1.76. The molecule has 0 aliphatic carbocycles. The minimum atomic E-state index is -0.764. The Morgan fingerprint density at radius 3 is 2.53 bits per heavy atom. The summed E-state index contributed by atoms with van der Waals surface area (Å²) in [5.74, 6) is 0.491. The Kier molecular flexibility index (Phi) is 5.34. The lowest BCUT2D eigenvalue weighted by atomic mass is 10.2. The van der Waals surface area contributed by atoms with Crippen molar-refractivity contribution in [1.29, 1.82) is 0 Å². The molecule has 3 aromatic heterocycles. The molecular weight excluding hydrogens is 429 g/mol. The number of nitrogens with two attached hydrogens (primary N) is 1. The van der Waals surface area contributed by atoms with E-state index in [9.17, 15) is 4.79 Å². The van der Waals surface area contributed by atoms with Crippen molar-refractivity contribution >= 4 is 40.7 Å². The maximum Gasteiger partial charge on any atom is 0.273 e. The maximum absolute atomic E-state index is 11.9. The third kappa shape index (κ3) is 3.70. The third-order valence-corrected chi connectivity index (χ3v) is 4.78.